The third-order valence-electron chi connectivity index (χ3n) is 18.8. The molecule has 8 atom stereocenters. The van der Waals surface area contributed by atoms with E-state index >= 15 is 0 Å². The van der Waals surface area contributed by atoms with Crippen molar-refractivity contribution < 1.29 is 0 Å². The van der Waals surface area contributed by atoms with Crippen LogP contribution >= 0.6 is 11.3 Å². The number of piperidine rings is 3. The van der Waals surface area contributed by atoms with Crippen LogP contribution in [0.3, 0.4) is 0 Å². The van der Waals surface area contributed by atoms with Crippen molar-refractivity contribution >= 4 is 11.3 Å². The molecular formula is C61H113N5S. The summed E-state index contributed by atoms with van der Waals surface area (Å²) in [5.41, 5.74) is 3.50. The number of fused-ring (bicyclic) bond motifs is 6. The number of hydrogen-bond donors (Lipinski definition) is 0. The summed E-state index contributed by atoms with van der Waals surface area (Å²) in [7, 11) is 0. The van der Waals surface area contributed by atoms with Gasteiger partial charge in [0.1, 0.15) is 0 Å². The van der Waals surface area contributed by atoms with E-state index in [0.29, 0.717) is 27.7 Å². The van der Waals surface area contributed by atoms with Crippen LogP contribution in [0, 0.1) is 29.6 Å². The van der Waals surface area contributed by atoms with Crippen molar-refractivity contribution in [2.24, 2.45) is 29.6 Å². The zero-order valence-electron chi connectivity index (χ0n) is 47.4. The van der Waals surface area contributed by atoms with E-state index in [-0.39, 0.29) is 0 Å². The zero-order chi connectivity index (χ0) is 48.8. The van der Waals surface area contributed by atoms with E-state index in [1.54, 1.807) is 10.4 Å². The maximum Gasteiger partial charge on any atom is 0.0130 e. The first-order chi connectivity index (χ1) is 31.4. The minimum absolute atomic E-state index is 0.328. The molecule has 1 aromatic rings. The molecule has 7 heterocycles. The SMILES string of the molecule is CC(C)(C)N1C2CCCC1CC2.CC(C)(C)N1CC2CCCCC2C1.CC(C)(C)N1CCC2CCCCC2C1.CC(C)(C)N1CCCC2CCCCC21.CC(C)(C)N1CCc2ccsc2CC1. The average molecular weight is 949 g/mol. The van der Waals surface area contributed by atoms with Crippen molar-refractivity contribution in [1.29, 1.82) is 0 Å². The maximum absolute atomic E-state index is 2.78. The van der Waals surface area contributed by atoms with Crippen molar-refractivity contribution in [3.05, 3.63) is 21.9 Å². The van der Waals surface area contributed by atoms with Crippen LogP contribution in [0.15, 0.2) is 11.4 Å². The Morgan fingerprint density at radius 3 is 1.39 bits per heavy atom. The second kappa shape index (κ2) is 24.0. The number of hydrogen-bond acceptors (Lipinski definition) is 6. The molecule has 0 N–H and O–H groups in total. The normalized spacial score (nSPS) is 32.5. The van der Waals surface area contributed by atoms with Gasteiger partial charge >= 0.3 is 0 Å². The largest absolute Gasteiger partial charge is 0.298 e. The van der Waals surface area contributed by atoms with E-state index < -0.39 is 0 Å². The lowest BCUT2D eigenvalue weighted by Crippen LogP contribution is -2.54. The number of nitrogens with zero attached hydrogens (tertiary/aromatic N) is 5. The Balaban J connectivity index is 0.000000138. The van der Waals surface area contributed by atoms with E-state index in [9.17, 15) is 0 Å². The summed E-state index contributed by atoms with van der Waals surface area (Å²) in [6.07, 6.45) is 32.0. The number of likely N-dealkylation sites (tertiary alicyclic amines) is 3. The second-order valence-corrected chi connectivity index (χ2v) is 29.6. The molecule has 1 aromatic heterocycles. The van der Waals surface area contributed by atoms with Crippen LogP contribution in [0.2, 0.25) is 0 Å². The smallest absolute Gasteiger partial charge is 0.0130 e. The maximum atomic E-state index is 2.78. The van der Waals surface area contributed by atoms with Gasteiger partial charge in [-0.2, -0.15) is 0 Å². The molecule has 0 aromatic carbocycles. The van der Waals surface area contributed by atoms with Crippen LogP contribution in [0.4, 0.5) is 0 Å². The predicted molar refractivity (Wildman–Crippen MR) is 295 cm³/mol. The van der Waals surface area contributed by atoms with Gasteiger partial charge in [-0.15, -0.1) is 11.3 Å². The van der Waals surface area contributed by atoms with Crippen molar-refractivity contribution in [2.45, 2.75) is 291 Å². The Morgan fingerprint density at radius 2 is 0.866 bits per heavy atom. The molecule has 3 aliphatic carbocycles. The highest BCUT2D eigenvalue weighted by Gasteiger charge is 2.43. The van der Waals surface area contributed by atoms with E-state index in [1.807, 2.05) is 11.3 Å². The molecule has 2 bridgehead atoms. The third kappa shape index (κ3) is 16.0. The average Bonchev–Trinajstić information content (AvgIpc) is 3.95. The molecule has 388 valence electrons. The summed E-state index contributed by atoms with van der Waals surface area (Å²) < 4.78 is 0. The molecule has 6 aliphatic heterocycles. The Labute approximate surface area is 422 Å². The molecule has 9 aliphatic rings. The second-order valence-electron chi connectivity index (χ2n) is 28.6. The van der Waals surface area contributed by atoms with Gasteiger partial charge in [-0.25, -0.2) is 0 Å². The topological polar surface area (TPSA) is 16.2 Å². The fraction of sp³-hybridized carbons (Fsp3) is 0.934. The summed E-state index contributed by atoms with van der Waals surface area (Å²) in [5.74, 6) is 5.19. The van der Waals surface area contributed by atoms with Crippen molar-refractivity contribution in [3.63, 3.8) is 0 Å². The van der Waals surface area contributed by atoms with Gasteiger partial charge in [-0.3, -0.25) is 24.5 Å². The van der Waals surface area contributed by atoms with Gasteiger partial charge in [0, 0.05) is 83.4 Å². The van der Waals surface area contributed by atoms with Crippen LogP contribution in [0.1, 0.15) is 243 Å². The molecule has 5 saturated heterocycles. The lowest BCUT2D eigenvalue weighted by molar-refractivity contribution is -0.00454. The Morgan fingerprint density at radius 1 is 0.388 bits per heavy atom. The van der Waals surface area contributed by atoms with Crippen LogP contribution in [0.25, 0.3) is 0 Å². The summed E-state index contributed by atoms with van der Waals surface area (Å²) in [5, 5.41) is 2.23. The molecule has 0 radical (unpaired) electrons. The van der Waals surface area contributed by atoms with Gasteiger partial charge in [0.2, 0.25) is 0 Å². The van der Waals surface area contributed by atoms with Gasteiger partial charge in [-0.1, -0.05) is 51.4 Å². The van der Waals surface area contributed by atoms with Crippen LogP contribution < -0.4 is 0 Å². The van der Waals surface area contributed by atoms with Crippen LogP contribution in [-0.2, 0) is 12.8 Å². The molecule has 6 heteroatoms. The third-order valence-corrected chi connectivity index (χ3v) is 19.8. The lowest BCUT2D eigenvalue weighted by atomic mass is 9.74. The van der Waals surface area contributed by atoms with E-state index in [4.69, 9.17) is 0 Å². The highest BCUT2D eigenvalue weighted by molar-refractivity contribution is 7.10. The molecule has 0 amide bonds. The Bertz CT molecular complexity index is 1520. The first-order valence-electron chi connectivity index (χ1n) is 29.2. The van der Waals surface area contributed by atoms with Crippen molar-refractivity contribution in [1.82, 2.24) is 24.5 Å². The zero-order valence-corrected chi connectivity index (χ0v) is 48.2. The molecule has 5 nitrogen and oxygen atoms in total. The van der Waals surface area contributed by atoms with Crippen molar-refractivity contribution in [2.75, 3.05) is 45.8 Å². The fourth-order valence-electron chi connectivity index (χ4n) is 14.9. The molecular weight excluding hydrogens is 835 g/mol. The van der Waals surface area contributed by atoms with Gasteiger partial charge in [0.15, 0.2) is 0 Å². The minimum Gasteiger partial charge on any atom is -0.298 e. The van der Waals surface area contributed by atoms with E-state index in [2.05, 4.69) is 140 Å². The predicted octanol–water partition coefficient (Wildman–Crippen LogP) is 15.4. The first kappa shape index (κ1) is 55.8. The van der Waals surface area contributed by atoms with Crippen molar-refractivity contribution in [3.8, 4) is 0 Å². The Hall–Kier alpha value is -0.500. The molecule has 10 rings (SSSR count). The summed E-state index contributed by atoms with van der Waals surface area (Å²) in [6, 6.07) is 5.05. The standard InChI is InChI=1S/2C13H25N.C12H19NS.C12H23N.C11H21N/c1-13(2,3)14-10-6-8-11-7-4-5-9-12(11)14;1-13(2,3)14-9-8-11-6-4-5-7-12(11)10-14;1-12(2,3)13-7-4-10-6-9-14-11(10)5-8-13;1-12(2,3)13-8-10-6-4-5-7-11(10)9-13;1-11(2,3)12-9-5-4-6-10(12)8-7-9/h2*11-12H,4-10H2,1-3H3;6,9H,4-5,7-8H2,1-3H3;10-11H,4-9H2,1-3H3;9-10H,4-8H2,1-3H3. The summed E-state index contributed by atoms with van der Waals surface area (Å²) in [6.45, 7) is 44.5. The van der Waals surface area contributed by atoms with Gasteiger partial charge in [-0.05, 0) is 253 Å². The summed E-state index contributed by atoms with van der Waals surface area (Å²) >= 11 is 1.92. The molecule has 8 fully saturated rings. The van der Waals surface area contributed by atoms with Gasteiger partial charge < -0.3 is 0 Å². The first-order valence-corrected chi connectivity index (χ1v) is 30.1. The summed E-state index contributed by atoms with van der Waals surface area (Å²) in [4.78, 5) is 15.1. The van der Waals surface area contributed by atoms with Gasteiger partial charge in [0.25, 0.3) is 0 Å². The van der Waals surface area contributed by atoms with Gasteiger partial charge in [0.05, 0.1) is 0 Å². The van der Waals surface area contributed by atoms with Crippen LogP contribution in [-0.4, -0.2) is 116 Å². The molecule has 67 heavy (non-hydrogen) atoms. The highest BCUT2D eigenvalue weighted by Crippen LogP contribution is 2.42. The fourth-order valence-corrected chi connectivity index (χ4v) is 15.8. The number of thiophene rings is 1. The quantitative estimate of drug-likeness (QED) is 0.257. The van der Waals surface area contributed by atoms with Crippen LogP contribution in [0.5, 0.6) is 0 Å². The molecule has 0 spiro atoms. The van der Waals surface area contributed by atoms with E-state index in [1.165, 1.54) is 187 Å². The highest BCUT2D eigenvalue weighted by atomic mass is 32.1. The monoisotopic (exact) mass is 948 g/mol. The Kier molecular flexibility index (Phi) is 20.0. The molecule has 8 unspecified atom stereocenters. The van der Waals surface area contributed by atoms with E-state index in [0.717, 1.165) is 47.7 Å². The molecule has 3 saturated carbocycles. The lowest BCUT2D eigenvalue weighted by Gasteiger charge is -2.50. The number of rotatable bonds is 0. The minimum atomic E-state index is 0.328.